The van der Waals surface area contributed by atoms with Gasteiger partial charge in [-0.3, -0.25) is 18.7 Å². The Kier molecular flexibility index (Phi) is 4.55. The maximum atomic E-state index is 12.4. The number of imidazole rings is 2. The van der Waals surface area contributed by atoms with Gasteiger partial charge < -0.3 is 15.0 Å². The molecule has 0 fully saturated rings. The second-order valence-corrected chi connectivity index (χ2v) is 6.36. The third-order valence-electron chi connectivity index (χ3n) is 4.48. The monoisotopic (exact) mass is 395 g/mol. The number of nitrogens with zero attached hydrogens (tertiary/aromatic N) is 5. The minimum absolute atomic E-state index is 0.227. The molecule has 3 aromatic heterocycles. The number of nitrogens with one attached hydrogen (secondary N) is 2. The lowest BCUT2D eigenvalue weighted by Gasteiger charge is -2.13. The summed E-state index contributed by atoms with van der Waals surface area (Å²) in [6.07, 6.45) is 1.60. The Hall–Kier alpha value is -4.02. The van der Waals surface area contributed by atoms with Crippen molar-refractivity contribution in [2.24, 2.45) is 7.05 Å². The van der Waals surface area contributed by atoms with Crippen LogP contribution >= 0.6 is 0 Å². The highest BCUT2D eigenvalue weighted by atomic mass is 16.5. The van der Waals surface area contributed by atoms with Crippen LogP contribution in [0.3, 0.4) is 0 Å². The maximum Gasteiger partial charge on any atom is 0.329 e. The van der Waals surface area contributed by atoms with Gasteiger partial charge in [0.15, 0.2) is 17.6 Å². The van der Waals surface area contributed by atoms with Gasteiger partial charge >= 0.3 is 11.7 Å². The highest BCUT2D eigenvalue weighted by Crippen LogP contribution is 2.15. The summed E-state index contributed by atoms with van der Waals surface area (Å²) in [5.41, 5.74) is 1.82. The molecule has 0 aliphatic rings. The number of aryl methyl sites for hydroxylation is 1. The van der Waals surface area contributed by atoms with E-state index in [9.17, 15) is 14.4 Å². The van der Waals surface area contributed by atoms with Crippen LogP contribution in [-0.2, 0) is 27.9 Å². The lowest BCUT2D eigenvalue weighted by Crippen LogP contribution is -2.33. The molecule has 1 aromatic carbocycles. The van der Waals surface area contributed by atoms with Crippen molar-refractivity contribution in [3.63, 3.8) is 0 Å². The smallest absolute Gasteiger partial charge is 0.329 e. The summed E-state index contributed by atoms with van der Waals surface area (Å²) in [7, 11) is 1.63. The van der Waals surface area contributed by atoms with Crippen LogP contribution in [0.1, 0.15) is 6.92 Å². The number of hydrogen-bond donors (Lipinski definition) is 2. The van der Waals surface area contributed by atoms with Crippen molar-refractivity contribution in [1.82, 2.24) is 29.1 Å². The van der Waals surface area contributed by atoms with Crippen LogP contribution in [0.2, 0.25) is 0 Å². The molecule has 0 aliphatic carbocycles. The van der Waals surface area contributed by atoms with Crippen molar-refractivity contribution in [2.75, 3.05) is 5.32 Å². The first kappa shape index (κ1) is 18.3. The minimum atomic E-state index is -1.10. The molecule has 0 bridgehead atoms. The second kappa shape index (κ2) is 7.19. The standard InChI is InChI=1S/C18H17N7O4/c1-10(17(27)23-16-14-15(20-8-19-14)21-9-22-16)29-13(26)7-25-12-6-4-3-5-11(12)24(2)18(25)28/h3-6,8-10H,7H2,1-2H3,(H2,19,20,21,22,23,27). The summed E-state index contributed by atoms with van der Waals surface area (Å²) in [5.74, 6) is -1.05. The quantitative estimate of drug-likeness (QED) is 0.472. The van der Waals surface area contributed by atoms with Gasteiger partial charge in [0.2, 0.25) is 0 Å². The number of carbonyl (C=O) groups excluding carboxylic acids is 2. The molecule has 11 heteroatoms. The van der Waals surface area contributed by atoms with Crippen LogP contribution in [0.4, 0.5) is 5.82 Å². The van der Waals surface area contributed by atoms with E-state index in [2.05, 4.69) is 25.3 Å². The zero-order valence-electron chi connectivity index (χ0n) is 15.6. The van der Waals surface area contributed by atoms with E-state index in [1.807, 2.05) is 0 Å². The SMILES string of the molecule is CC(OC(=O)Cn1c(=O)n(C)c2ccccc21)C(=O)Nc1ncnc2nc[nH]c12. The van der Waals surface area contributed by atoms with Crippen LogP contribution < -0.4 is 11.0 Å². The molecule has 0 saturated carbocycles. The first-order valence-electron chi connectivity index (χ1n) is 8.74. The number of esters is 1. The molecule has 4 rings (SSSR count). The third kappa shape index (κ3) is 3.33. The summed E-state index contributed by atoms with van der Waals surface area (Å²) >= 11 is 0. The number of H-pyrrole nitrogens is 1. The van der Waals surface area contributed by atoms with Gasteiger partial charge in [0.25, 0.3) is 5.91 Å². The molecule has 4 aromatic rings. The summed E-state index contributed by atoms with van der Waals surface area (Å²) in [6.45, 7) is 1.13. The van der Waals surface area contributed by atoms with Crippen molar-refractivity contribution >= 4 is 39.9 Å². The number of para-hydroxylation sites is 2. The van der Waals surface area contributed by atoms with E-state index in [0.29, 0.717) is 22.2 Å². The number of anilines is 1. The Bertz CT molecular complexity index is 1290. The Morgan fingerprint density at radius 2 is 1.97 bits per heavy atom. The Morgan fingerprint density at radius 3 is 2.76 bits per heavy atom. The molecule has 0 saturated heterocycles. The Labute approximate surface area is 163 Å². The predicted octanol–water partition coefficient (Wildman–Crippen LogP) is 0.577. The van der Waals surface area contributed by atoms with Gasteiger partial charge in [-0.2, -0.15) is 0 Å². The highest BCUT2D eigenvalue weighted by molar-refractivity contribution is 5.99. The van der Waals surface area contributed by atoms with E-state index in [0.717, 1.165) is 0 Å². The van der Waals surface area contributed by atoms with E-state index < -0.39 is 18.0 Å². The number of amides is 1. The molecule has 11 nitrogen and oxygen atoms in total. The molecule has 1 atom stereocenters. The maximum absolute atomic E-state index is 12.4. The van der Waals surface area contributed by atoms with Gasteiger partial charge in [0.1, 0.15) is 18.4 Å². The molecular weight excluding hydrogens is 378 g/mol. The molecule has 1 amide bonds. The van der Waals surface area contributed by atoms with Gasteiger partial charge in [-0.25, -0.2) is 19.7 Å². The third-order valence-corrected chi connectivity index (χ3v) is 4.48. The minimum Gasteiger partial charge on any atom is -0.451 e. The molecule has 148 valence electrons. The van der Waals surface area contributed by atoms with Crippen molar-refractivity contribution in [3.8, 4) is 0 Å². The average molecular weight is 395 g/mol. The van der Waals surface area contributed by atoms with E-state index in [-0.39, 0.29) is 18.1 Å². The van der Waals surface area contributed by atoms with Crippen LogP contribution in [0.25, 0.3) is 22.2 Å². The van der Waals surface area contributed by atoms with Crippen molar-refractivity contribution in [1.29, 1.82) is 0 Å². The lowest BCUT2D eigenvalue weighted by molar-refractivity contribution is -0.153. The van der Waals surface area contributed by atoms with E-state index in [4.69, 9.17) is 4.74 Å². The number of rotatable bonds is 5. The zero-order valence-corrected chi connectivity index (χ0v) is 15.6. The first-order chi connectivity index (χ1) is 14.0. The number of carbonyl (C=O) groups is 2. The number of fused-ring (bicyclic) bond motifs is 2. The van der Waals surface area contributed by atoms with Gasteiger partial charge in [0.05, 0.1) is 17.4 Å². The van der Waals surface area contributed by atoms with Crippen molar-refractivity contribution in [2.45, 2.75) is 19.6 Å². The van der Waals surface area contributed by atoms with Crippen molar-refractivity contribution in [3.05, 3.63) is 47.4 Å². The Balaban J connectivity index is 1.46. The average Bonchev–Trinajstić information content (AvgIpc) is 3.28. The largest absolute Gasteiger partial charge is 0.451 e. The number of hydrogen-bond acceptors (Lipinski definition) is 7. The topological polar surface area (TPSA) is 137 Å². The fourth-order valence-corrected chi connectivity index (χ4v) is 3.01. The summed E-state index contributed by atoms with van der Waals surface area (Å²) in [6, 6.07) is 7.11. The number of ether oxygens (including phenoxy) is 1. The number of aromatic amines is 1. The molecule has 3 heterocycles. The van der Waals surface area contributed by atoms with Gasteiger partial charge in [-0.05, 0) is 19.1 Å². The highest BCUT2D eigenvalue weighted by Gasteiger charge is 2.21. The van der Waals surface area contributed by atoms with Crippen LogP contribution in [0.15, 0.2) is 41.7 Å². The van der Waals surface area contributed by atoms with E-state index >= 15 is 0 Å². The lowest BCUT2D eigenvalue weighted by atomic mass is 10.3. The van der Waals surface area contributed by atoms with Crippen LogP contribution in [0, 0.1) is 0 Å². The predicted molar refractivity (Wildman–Crippen MR) is 103 cm³/mol. The Morgan fingerprint density at radius 1 is 1.21 bits per heavy atom. The number of benzene rings is 1. The van der Waals surface area contributed by atoms with E-state index in [1.54, 1.807) is 31.3 Å². The molecule has 0 aliphatic heterocycles. The molecule has 29 heavy (non-hydrogen) atoms. The second-order valence-electron chi connectivity index (χ2n) is 6.36. The van der Waals surface area contributed by atoms with Gasteiger partial charge in [-0.15, -0.1) is 0 Å². The van der Waals surface area contributed by atoms with Gasteiger partial charge in [-0.1, -0.05) is 12.1 Å². The van der Waals surface area contributed by atoms with Crippen LogP contribution in [-0.4, -0.2) is 47.1 Å². The zero-order chi connectivity index (χ0) is 20.5. The fourth-order valence-electron chi connectivity index (χ4n) is 3.01. The molecule has 2 N–H and O–H groups in total. The van der Waals surface area contributed by atoms with Crippen LogP contribution in [0.5, 0.6) is 0 Å². The van der Waals surface area contributed by atoms with E-state index in [1.165, 1.54) is 28.7 Å². The molecular formula is C18H17N7O4. The first-order valence-corrected chi connectivity index (χ1v) is 8.74. The number of aromatic nitrogens is 6. The summed E-state index contributed by atoms with van der Waals surface area (Å²) < 4.78 is 7.96. The summed E-state index contributed by atoms with van der Waals surface area (Å²) in [5, 5.41) is 2.57. The normalized spacial score (nSPS) is 12.2. The van der Waals surface area contributed by atoms with Gasteiger partial charge in [0, 0.05) is 7.05 Å². The molecule has 1 unspecified atom stereocenters. The summed E-state index contributed by atoms with van der Waals surface area (Å²) in [4.78, 5) is 51.9. The fraction of sp³-hybridized carbons (Fsp3) is 0.222. The molecule has 0 spiro atoms. The molecule has 0 radical (unpaired) electrons. The van der Waals surface area contributed by atoms with Crippen molar-refractivity contribution < 1.29 is 14.3 Å².